The van der Waals surface area contributed by atoms with Gasteiger partial charge in [-0.15, -0.1) is 10.2 Å². The van der Waals surface area contributed by atoms with Crippen LogP contribution < -0.4 is 0 Å². The number of aromatic nitrogens is 2. The minimum atomic E-state index is 1.07. The Morgan fingerprint density at radius 2 is 2.30 bits per heavy atom. The van der Waals surface area contributed by atoms with Gasteiger partial charge in [0.05, 0.1) is 0 Å². The monoisotopic (exact) mass is 174 g/mol. The average Bonchev–Trinajstić information content (AvgIpc) is 2.37. The Bertz CT molecular complexity index is 197. The van der Waals surface area contributed by atoms with Crippen molar-refractivity contribution in [2.75, 3.05) is 6.26 Å². The number of aryl methyl sites for hydroxylation is 1. The van der Waals surface area contributed by atoms with Crippen LogP contribution in [0.5, 0.6) is 0 Å². The van der Waals surface area contributed by atoms with Crippen LogP contribution in [0.15, 0.2) is 4.34 Å². The summed E-state index contributed by atoms with van der Waals surface area (Å²) in [6, 6.07) is 0. The summed E-state index contributed by atoms with van der Waals surface area (Å²) in [6.07, 6.45) is 4.25. The molecular formula is C6H10N2S2. The summed E-state index contributed by atoms with van der Waals surface area (Å²) in [5.41, 5.74) is 0. The standard InChI is InChI=1S/C6H10N2S2/c1-3-4-5-7-8-6(9-2)10-5/h3-4H2,1-2H3. The van der Waals surface area contributed by atoms with Gasteiger partial charge in [-0.2, -0.15) is 0 Å². The maximum absolute atomic E-state index is 4.02. The van der Waals surface area contributed by atoms with E-state index >= 15 is 0 Å². The fourth-order valence-corrected chi connectivity index (χ4v) is 2.05. The Morgan fingerprint density at radius 1 is 1.50 bits per heavy atom. The number of hydrogen-bond donors (Lipinski definition) is 0. The van der Waals surface area contributed by atoms with Crippen LogP contribution in [-0.2, 0) is 6.42 Å². The van der Waals surface area contributed by atoms with Crippen LogP contribution in [-0.4, -0.2) is 16.5 Å². The molecule has 1 aromatic rings. The lowest BCUT2D eigenvalue weighted by atomic mass is 10.4. The van der Waals surface area contributed by atoms with Gasteiger partial charge < -0.3 is 0 Å². The second-order valence-electron chi connectivity index (χ2n) is 1.92. The molecule has 10 heavy (non-hydrogen) atoms. The molecule has 0 radical (unpaired) electrons. The Balaban J connectivity index is 2.59. The first-order chi connectivity index (χ1) is 4.86. The summed E-state index contributed by atoms with van der Waals surface area (Å²) in [5.74, 6) is 0. The zero-order valence-corrected chi connectivity index (χ0v) is 7.76. The van der Waals surface area contributed by atoms with Gasteiger partial charge in [0.2, 0.25) is 0 Å². The number of nitrogens with zero attached hydrogens (tertiary/aromatic N) is 2. The first-order valence-corrected chi connectivity index (χ1v) is 5.27. The summed E-state index contributed by atoms with van der Waals surface area (Å²) in [4.78, 5) is 0. The zero-order chi connectivity index (χ0) is 7.40. The molecular weight excluding hydrogens is 164 g/mol. The summed E-state index contributed by atoms with van der Waals surface area (Å²) >= 11 is 3.36. The average molecular weight is 174 g/mol. The predicted octanol–water partition coefficient (Wildman–Crippen LogP) is 2.21. The molecule has 1 aromatic heterocycles. The van der Waals surface area contributed by atoms with Gasteiger partial charge in [-0.25, -0.2) is 0 Å². The number of hydrogen-bond acceptors (Lipinski definition) is 4. The molecule has 56 valence electrons. The van der Waals surface area contributed by atoms with E-state index in [9.17, 15) is 0 Å². The van der Waals surface area contributed by atoms with Crippen LogP contribution in [0, 0.1) is 0 Å². The van der Waals surface area contributed by atoms with E-state index in [0.29, 0.717) is 0 Å². The van der Waals surface area contributed by atoms with Gasteiger partial charge in [0.1, 0.15) is 5.01 Å². The van der Waals surface area contributed by atoms with E-state index < -0.39 is 0 Å². The molecule has 0 saturated carbocycles. The third-order valence-corrected chi connectivity index (χ3v) is 3.05. The molecule has 0 aliphatic carbocycles. The largest absolute Gasteiger partial charge is 0.174 e. The molecule has 0 fully saturated rings. The Hall–Kier alpha value is -0.0900. The van der Waals surface area contributed by atoms with Crippen LogP contribution in [0.4, 0.5) is 0 Å². The molecule has 0 spiro atoms. The summed E-state index contributed by atoms with van der Waals surface area (Å²) in [6.45, 7) is 2.15. The van der Waals surface area contributed by atoms with Crippen LogP contribution in [0.3, 0.4) is 0 Å². The quantitative estimate of drug-likeness (QED) is 0.657. The molecule has 0 aliphatic heterocycles. The molecule has 1 rings (SSSR count). The predicted molar refractivity (Wildman–Crippen MR) is 45.7 cm³/mol. The first kappa shape index (κ1) is 8.01. The molecule has 2 nitrogen and oxygen atoms in total. The van der Waals surface area contributed by atoms with Crippen molar-refractivity contribution in [3.8, 4) is 0 Å². The lowest BCUT2D eigenvalue weighted by molar-refractivity contribution is 0.867. The Kier molecular flexibility index (Phi) is 3.15. The third-order valence-electron chi connectivity index (χ3n) is 1.09. The van der Waals surface area contributed by atoms with Crippen molar-refractivity contribution in [3.05, 3.63) is 5.01 Å². The molecule has 0 aliphatic rings. The molecule has 0 N–H and O–H groups in total. The highest BCUT2D eigenvalue weighted by Crippen LogP contribution is 2.19. The minimum Gasteiger partial charge on any atom is -0.143 e. The molecule has 1 heterocycles. The second-order valence-corrected chi connectivity index (χ2v) is 4.03. The lowest BCUT2D eigenvalue weighted by Crippen LogP contribution is -1.79. The van der Waals surface area contributed by atoms with Crippen molar-refractivity contribution in [2.45, 2.75) is 24.1 Å². The highest BCUT2D eigenvalue weighted by atomic mass is 32.2. The van der Waals surface area contributed by atoms with Gasteiger partial charge in [0.15, 0.2) is 4.34 Å². The lowest BCUT2D eigenvalue weighted by Gasteiger charge is -1.83. The van der Waals surface area contributed by atoms with E-state index in [4.69, 9.17) is 0 Å². The van der Waals surface area contributed by atoms with E-state index in [1.165, 1.54) is 0 Å². The molecule has 0 bridgehead atoms. The molecule has 0 saturated heterocycles. The van der Waals surface area contributed by atoms with Gasteiger partial charge in [-0.1, -0.05) is 30.0 Å². The van der Waals surface area contributed by atoms with Crippen molar-refractivity contribution in [1.29, 1.82) is 0 Å². The van der Waals surface area contributed by atoms with E-state index in [2.05, 4.69) is 17.1 Å². The van der Waals surface area contributed by atoms with Gasteiger partial charge in [-0.3, -0.25) is 0 Å². The molecule has 0 atom stereocenters. The highest BCUT2D eigenvalue weighted by molar-refractivity contribution is 8.00. The maximum atomic E-state index is 4.02. The Morgan fingerprint density at radius 3 is 2.80 bits per heavy atom. The normalized spacial score (nSPS) is 10.2. The fourth-order valence-electron chi connectivity index (χ4n) is 0.636. The minimum absolute atomic E-state index is 1.07. The third kappa shape index (κ3) is 1.95. The van der Waals surface area contributed by atoms with Crippen LogP contribution in [0.25, 0.3) is 0 Å². The van der Waals surface area contributed by atoms with Crippen LogP contribution >= 0.6 is 23.1 Å². The molecule has 4 heteroatoms. The zero-order valence-electron chi connectivity index (χ0n) is 6.13. The topological polar surface area (TPSA) is 25.8 Å². The fraction of sp³-hybridized carbons (Fsp3) is 0.667. The van der Waals surface area contributed by atoms with Crippen molar-refractivity contribution in [2.24, 2.45) is 0 Å². The van der Waals surface area contributed by atoms with E-state index in [1.807, 2.05) is 6.26 Å². The Labute approximate surface area is 69.1 Å². The summed E-state index contributed by atoms with van der Waals surface area (Å²) in [5, 5.41) is 9.17. The number of rotatable bonds is 3. The highest BCUT2D eigenvalue weighted by Gasteiger charge is 1.99. The van der Waals surface area contributed by atoms with Crippen molar-refractivity contribution < 1.29 is 0 Å². The second kappa shape index (κ2) is 3.93. The SMILES string of the molecule is CCCc1nnc(SC)s1. The maximum Gasteiger partial charge on any atom is 0.174 e. The van der Waals surface area contributed by atoms with E-state index in [0.717, 1.165) is 22.2 Å². The van der Waals surface area contributed by atoms with Gasteiger partial charge in [0.25, 0.3) is 0 Å². The first-order valence-electron chi connectivity index (χ1n) is 3.23. The molecule has 0 unspecified atom stereocenters. The van der Waals surface area contributed by atoms with Crippen LogP contribution in [0.1, 0.15) is 18.4 Å². The smallest absolute Gasteiger partial charge is 0.143 e. The van der Waals surface area contributed by atoms with Crippen molar-refractivity contribution in [3.63, 3.8) is 0 Å². The van der Waals surface area contributed by atoms with Crippen molar-refractivity contribution in [1.82, 2.24) is 10.2 Å². The summed E-state index contributed by atoms with van der Waals surface area (Å²) < 4.78 is 1.07. The van der Waals surface area contributed by atoms with Gasteiger partial charge >= 0.3 is 0 Å². The van der Waals surface area contributed by atoms with E-state index in [-0.39, 0.29) is 0 Å². The summed E-state index contributed by atoms with van der Waals surface area (Å²) in [7, 11) is 0. The van der Waals surface area contributed by atoms with Crippen LogP contribution in [0.2, 0.25) is 0 Å². The number of thioether (sulfide) groups is 1. The molecule has 0 aromatic carbocycles. The molecule has 0 amide bonds. The van der Waals surface area contributed by atoms with E-state index in [1.54, 1.807) is 23.1 Å². The van der Waals surface area contributed by atoms with Gasteiger partial charge in [0, 0.05) is 6.42 Å². The van der Waals surface area contributed by atoms with Gasteiger partial charge in [-0.05, 0) is 12.7 Å². The van der Waals surface area contributed by atoms with Crippen molar-refractivity contribution >= 4 is 23.1 Å².